The van der Waals surface area contributed by atoms with Crippen LogP contribution in [0.2, 0.25) is 0 Å². The number of nitrogens with zero attached hydrogens (tertiary/aromatic N) is 3. The van der Waals surface area contributed by atoms with Crippen molar-refractivity contribution in [3.05, 3.63) is 40.7 Å². The van der Waals surface area contributed by atoms with Crippen molar-refractivity contribution in [2.45, 2.75) is 32.5 Å². The first-order chi connectivity index (χ1) is 11.4. The van der Waals surface area contributed by atoms with Crippen LogP contribution in [0.15, 0.2) is 34.2 Å². The Balaban J connectivity index is 1.83. The van der Waals surface area contributed by atoms with Crippen molar-refractivity contribution in [1.29, 1.82) is 0 Å². The van der Waals surface area contributed by atoms with Gasteiger partial charge in [-0.2, -0.15) is 4.39 Å². The number of hydrogen-bond acceptors (Lipinski definition) is 5. The molecule has 3 rings (SSSR count). The summed E-state index contributed by atoms with van der Waals surface area (Å²) in [5, 5.41) is 7.35. The fraction of sp³-hybridized carbons (Fsp3) is 0.529. The lowest BCUT2D eigenvalue weighted by atomic mass is 9.79. The lowest BCUT2D eigenvalue weighted by Crippen LogP contribution is -2.54. The van der Waals surface area contributed by atoms with Crippen LogP contribution >= 0.6 is 11.6 Å². The minimum Gasteiger partial charge on any atom is -0.357 e. The van der Waals surface area contributed by atoms with Crippen molar-refractivity contribution in [1.82, 2.24) is 20.5 Å². The van der Waals surface area contributed by atoms with Crippen molar-refractivity contribution in [2.75, 3.05) is 20.1 Å². The summed E-state index contributed by atoms with van der Waals surface area (Å²) in [5.74, 6) is 0.313. The van der Waals surface area contributed by atoms with E-state index < -0.39 is 5.95 Å². The molecule has 0 aliphatic carbocycles. The summed E-state index contributed by atoms with van der Waals surface area (Å²) in [7, 11) is 2.05. The van der Waals surface area contributed by atoms with Gasteiger partial charge in [0.15, 0.2) is 0 Å². The molecule has 0 spiro atoms. The number of piperidine rings is 1. The Morgan fingerprint density at radius 3 is 2.92 bits per heavy atom. The first-order valence-electron chi connectivity index (χ1n) is 8.13. The lowest BCUT2D eigenvalue weighted by molar-refractivity contribution is 0.0965. The smallest absolute Gasteiger partial charge is 0.213 e. The number of aromatic nitrogens is 1. The minimum absolute atomic E-state index is 0.117. The summed E-state index contributed by atoms with van der Waals surface area (Å²) >= 11 is 6.40. The molecule has 2 atom stereocenters. The highest BCUT2D eigenvalue weighted by molar-refractivity contribution is 6.39. The molecule has 7 heteroatoms. The van der Waals surface area contributed by atoms with Crippen LogP contribution in [0, 0.1) is 11.4 Å². The monoisotopic (exact) mass is 351 g/mol. The maximum atomic E-state index is 13.4. The van der Waals surface area contributed by atoms with Crippen molar-refractivity contribution >= 4 is 17.8 Å². The molecule has 2 unspecified atom stereocenters. The van der Waals surface area contributed by atoms with Crippen molar-refractivity contribution in [3.63, 3.8) is 0 Å². The number of hydrogen-bond donors (Lipinski definition) is 2. The molecule has 2 N–H and O–H groups in total. The maximum absolute atomic E-state index is 13.4. The van der Waals surface area contributed by atoms with Crippen LogP contribution in [0.3, 0.4) is 0 Å². The molecule has 2 aliphatic heterocycles. The van der Waals surface area contributed by atoms with E-state index in [1.54, 1.807) is 12.3 Å². The van der Waals surface area contributed by atoms with Crippen molar-refractivity contribution < 1.29 is 4.39 Å². The van der Waals surface area contributed by atoms with E-state index in [2.05, 4.69) is 39.4 Å². The van der Waals surface area contributed by atoms with E-state index in [1.165, 1.54) is 12.3 Å². The number of allylic oxidation sites excluding steroid dienone is 1. The minimum atomic E-state index is -0.514. The van der Waals surface area contributed by atoms with Gasteiger partial charge < -0.3 is 15.5 Å². The summed E-state index contributed by atoms with van der Waals surface area (Å²) in [6.45, 7) is 6.44. The zero-order valence-corrected chi connectivity index (χ0v) is 14.9. The van der Waals surface area contributed by atoms with Gasteiger partial charge in [-0.15, -0.1) is 0 Å². The molecule has 5 nitrogen and oxygen atoms in total. The summed E-state index contributed by atoms with van der Waals surface area (Å²) in [4.78, 5) is 10.2. The molecular formula is C17H23ClFN5. The third-order valence-corrected chi connectivity index (χ3v) is 5.08. The van der Waals surface area contributed by atoms with Gasteiger partial charge in [0.25, 0.3) is 0 Å². The number of pyridine rings is 1. The number of rotatable bonds is 3. The number of nitrogens with one attached hydrogen (secondary N) is 2. The quantitative estimate of drug-likeness (QED) is 0.822. The predicted molar refractivity (Wildman–Crippen MR) is 94.3 cm³/mol. The number of aliphatic imine (C=N–C) groups is 1. The lowest BCUT2D eigenvalue weighted by Gasteiger charge is -2.46. The van der Waals surface area contributed by atoms with Crippen LogP contribution in [0.4, 0.5) is 4.39 Å². The zero-order chi connectivity index (χ0) is 17.3. The molecule has 0 radical (unpaired) electrons. The van der Waals surface area contributed by atoms with Crippen LogP contribution in [-0.4, -0.2) is 42.3 Å². The second kappa shape index (κ2) is 6.69. The maximum Gasteiger partial charge on any atom is 0.213 e. The van der Waals surface area contributed by atoms with Crippen LogP contribution in [0.1, 0.15) is 32.0 Å². The van der Waals surface area contributed by atoms with E-state index in [9.17, 15) is 4.39 Å². The first kappa shape index (κ1) is 17.2. The molecule has 1 saturated heterocycles. The van der Waals surface area contributed by atoms with Crippen molar-refractivity contribution in [3.8, 4) is 0 Å². The average molecular weight is 352 g/mol. The van der Waals surface area contributed by atoms with Gasteiger partial charge in [0.2, 0.25) is 5.95 Å². The highest BCUT2D eigenvalue weighted by Gasteiger charge is 2.37. The van der Waals surface area contributed by atoms with Gasteiger partial charge >= 0.3 is 0 Å². The van der Waals surface area contributed by atoms with Gasteiger partial charge in [-0.05, 0) is 24.4 Å². The molecule has 1 fully saturated rings. The molecule has 0 amide bonds. The molecule has 24 heavy (non-hydrogen) atoms. The Bertz CT molecular complexity index is 673. The Morgan fingerprint density at radius 2 is 2.21 bits per heavy atom. The summed E-state index contributed by atoms with van der Waals surface area (Å²) in [6.07, 6.45) is 3.75. The molecular weight excluding hydrogens is 329 g/mol. The largest absolute Gasteiger partial charge is 0.357 e. The highest BCUT2D eigenvalue weighted by atomic mass is 35.5. The van der Waals surface area contributed by atoms with Gasteiger partial charge in [0.05, 0.1) is 5.03 Å². The van der Waals surface area contributed by atoms with E-state index in [0.717, 1.165) is 30.9 Å². The van der Waals surface area contributed by atoms with Crippen LogP contribution in [0.5, 0.6) is 0 Å². The zero-order valence-electron chi connectivity index (χ0n) is 14.2. The summed E-state index contributed by atoms with van der Waals surface area (Å²) in [5.41, 5.74) is 0.838. The predicted octanol–water partition coefficient (Wildman–Crippen LogP) is 2.62. The third kappa shape index (κ3) is 3.39. The Morgan fingerprint density at radius 1 is 1.42 bits per heavy atom. The highest BCUT2D eigenvalue weighted by Crippen LogP contribution is 2.33. The molecule has 0 bridgehead atoms. The summed E-state index contributed by atoms with van der Waals surface area (Å²) in [6, 6.07) is 3.49. The second-order valence-electron chi connectivity index (χ2n) is 7.01. The summed E-state index contributed by atoms with van der Waals surface area (Å²) < 4.78 is 13.4. The van der Waals surface area contributed by atoms with Crippen LogP contribution in [-0.2, 0) is 0 Å². The fourth-order valence-corrected chi connectivity index (χ4v) is 3.74. The van der Waals surface area contributed by atoms with Gasteiger partial charge in [-0.3, -0.25) is 4.99 Å². The Kier molecular flexibility index (Phi) is 4.78. The van der Waals surface area contributed by atoms with E-state index in [4.69, 9.17) is 11.6 Å². The van der Waals surface area contributed by atoms with Gasteiger partial charge in [-0.1, -0.05) is 25.4 Å². The second-order valence-corrected chi connectivity index (χ2v) is 7.42. The first-order valence-corrected chi connectivity index (χ1v) is 8.51. The third-order valence-electron chi connectivity index (χ3n) is 4.80. The Hall–Kier alpha value is -1.66. The van der Waals surface area contributed by atoms with E-state index in [0.29, 0.717) is 11.1 Å². The molecule has 130 valence electrons. The number of halogens is 2. The molecule has 3 heterocycles. The topological polar surface area (TPSA) is 52.6 Å². The normalized spacial score (nSPS) is 26.2. The van der Waals surface area contributed by atoms with E-state index >= 15 is 0 Å². The molecule has 0 saturated carbocycles. The Labute approximate surface area is 147 Å². The van der Waals surface area contributed by atoms with Crippen LogP contribution < -0.4 is 10.6 Å². The van der Waals surface area contributed by atoms with E-state index in [1.807, 2.05) is 7.05 Å². The SMILES string of the molecule is CN(C1=C(Cl)C=NC(c2ccnc(F)c2)N1)C1CCNCC1(C)C. The van der Waals surface area contributed by atoms with Gasteiger partial charge in [0, 0.05) is 43.7 Å². The molecule has 1 aromatic rings. The standard InChI is InChI=1S/C17H23ClFN5/c1-17(2)10-20-6-5-13(17)24(3)16-12(18)9-22-15(23-16)11-4-7-21-14(19)8-11/h4,7-9,13,15,20,23H,5-6,10H2,1-3H3. The van der Waals surface area contributed by atoms with Crippen LogP contribution in [0.25, 0.3) is 0 Å². The average Bonchev–Trinajstić information content (AvgIpc) is 2.54. The van der Waals surface area contributed by atoms with Gasteiger partial charge in [0.1, 0.15) is 12.0 Å². The molecule has 0 aromatic carbocycles. The van der Waals surface area contributed by atoms with Crippen molar-refractivity contribution in [2.24, 2.45) is 10.4 Å². The van der Waals surface area contributed by atoms with Gasteiger partial charge in [-0.25, -0.2) is 4.98 Å². The van der Waals surface area contributed by atoms with E-state index in [-0.39, 0.29) is 11.6 Å². The molecule has 1 aromatic heterocycles. The molecule has 2 aliphatic rings. The fourth-order valence-electron chi connectivity index (χ4n) is 3.50.